The fraction of sp³-hybridized carbons (Fsp3) is 0.500. The highest BCUT2D eigenvalue weighted by atomic mass is 16.5. The minimum atomic E-state index is 0.149. The van der Waals surface area contributed by atoms with Crippen LogP contribution in [0, 0.1) is 12.8 Å². The Hall–Kier alpha value is -1.51. The van der Waals surface area contributed by atoms with Gasteiger partial charge in [0, 0.05) is 18.9 Å². The number of hydrogen-bond donors (Lipinski definition) is 1. The number of aryl methyl sites for hydroxylation is 1. The first-order valence-corrected chi connectivity index (χ1v) is 6.26. The van der Waals surface area contributed by atoms with E-state index in [2.05, 4.69) is 24.4 Å². The van der Waals surface area contributed by atoms with Gasteiger partial charge in [-0.1, -0.05) is 17.7 Å². The number of amides is 1. The van der Waals surface area contributed by atoms with E-state index >= 15 is 0 Å². The third kappa shape index (κ3) is 2.02. The number of nitrogens with one attached hydrogen (secondary N) is 1. The van der Waals surface area contributed by atoms with E-state index in [1.165, 1.54) is 11.1 Å². The Morgan fingerprint density at radius 2 is 2.35 bits per heavy atom. The quantitative estimate of drug-likeness (QED) is 0.843. The SMILES string of the molecule is Cc1ccc2c(c1)CC(CC1CCNC1=O)O2. The van der Waals surface area contributed by atoms with Gasteiger partial charge in [0.05, 0.1) is 0 Å². The molecule has 0 aromatic heterocycles. The zero-order chi connectivity index (χ0) is 11.8. The van der Waals surface area contributed by atoms with Crippen LogP contribution < -0.4 is 10.1 Å². The van der Waals surface area contributed by atoms with Crippen molar-refractivity contribution in [1.82, 2.24) is 5.32 Å². The Labute approximate surface area is 101 Å². The van der Waals surface area contributed by atoms with Crippen LogP contribution in [0.15, 0.2) is 18.2 Å². The topological polar surface area (TPSA) is 38.3 Å². The zero-order valence-electron chi connectivity index (χ0n) is 10.0. The normalized spacial score (nSPS) is 26.5. The largest absolute Gasteiger partial charge is 0.490 e. The summed E-state index contributed by atoms with van der Waals surface area (Å²) >= 11 is 0. The third-order valence-electron chi connectivity index (χ3n) is 3.67. The molecule has 2 heterocycles. The molecule has 0 radical (unpaired) electrons. The Morgan fingerprint density at radius 3 is 3.12 bits per heavy atom. The highest BCUT2D eigenvalue weighted by molar-refractivity contribution is 5.80. The Morgan fingerprint density at radius 1 is 1.47 bits per heavy atom. The molecule has 1 saturated heterocycles. The Bertz CT molecular complexity index is 456. The fourth-order valence-electron chi connectivity index (χ4n) is 2.77. The van der Waals surface area contributed by atoms with Crippen molar-refractivity contribution in [3.8, 4) is 5.75 Å². The molecule has 90 valence electrons. The molecule has 1 aromatic carbocycles. The Balaban J connectivity index is 1.68. The number of rotatable bonds is 2. The fourth-order valence-corrected chi connectivity index (χ4v) is 2.77. The highest BCUT2D eigenvalue weighted by Gasteiger charge is 2.31. The van der Waals surface area contributed by atoms with Crippen LogP contribution in [-0.4, -0.2) is 18.6 Å². The number of fused-ring (bicyclic) bond motifs is 1. The van der Waals surface area contributed by atoms with E-state index in [0.29, 0.717) is 0 Å². The molecular formula is C14H17NO2. The molecule has 1 aromatic rings. The van der Waals surface area contributed by atoms with Gasteiger partial charge in [-0.25, -0.2) is 0 Å². The average molecular weight is 231 g/mol. The van der Waals surface area contributed by atoms with Crippen molar-refractivity contribution in [1.29, 1.82) is 0 Å². The molecule has 0 bridgehead atoms. The van der Waals surface area contributed by atoms with E-state index in [0.717, 1.165) is 31.6 Å². The molecule has 2 atom stereocenters. The molecule has 3 nitrogen and oxygen atoms in total. The molecule has 17 heavy (non-hydrogen) atoms. The van der Waals surface area contributed by atoms with Gasteiger partial charge in [-0.15, -0.1) is 0 Å². The maximum atomic E-state index is 11.5. The smallest absolute Gasteiger partial charge is 0.223 e. The van der Waals surface area contributed by atoms with Gasteiger partial charge in [-0.2, -0.15) is 0 Å². The van der Waals surface area contributed by atoms with Crippen molar-refractivity contribution in [3.63, 3.8) is 0 Å². The predicted octanol–water partition coefficient (Wildman–Crippen LogP) is 1.82. The van der Waals surface area contributed by atoms with Crippen LogP contribution in [0.1, 0.15) is 24.0 Å². The zero-order valence-corrected chi connectivity index (χ0v) is 10.0. The third-order valence-corrected chi connectivity index (χ3v) is 3.67. The number of carbonyl (C=O) groups excluding carboxylic acids is 1. The van der Waals surface area contributed by atoms with Crippen LogP contribution in [0.5, 0.6) is 5.75 Å². The number of carbonyl (C=O) groups is 1. The van der Waals surface area contributed by atoms with E-state index in [9.17, 15) is 4.79 Å². The number of benzene rings is 1. The van der Waals surface area contributed by atoms with Crippen LogP contribution >= 0.6 is 0 Å². The lowest BCUT2D eigenvalue weighted by atomic mass is 9.97. The highest BCUT2D eigenvalue weighted by Crippen LogP contribution is 2.32. The van der Waals surface area contributed by atoms with Gasteiger partial charge in [0.2, 0.25) is 5.91 Å². The molecule has 1 fully saturated rings. The van der Waals surface area contributed by atoms with Crippen LogP contribution in [0.25, 0.3) is 0 Å². The lowest BCUT2D eigenvalue weighted by Crippen LogP contribution is -2.24. The summed E-state index contributed by atoms with van der Waals surface area (Å²) in [7, 11) is 0. The van der Waals surface area contributed by atoms with Gasteiger partial charge in [-0.05, 0) is 31.4 Å². The second kappa shape index (κ2) is 4.06. The van der Waals surface area contributed by atoms with Crippen molar-refractivity contribution < 1.29 is 9.53 Å². The summed E-state index contributed by atoms with van der Waals surface area (Å²) in [4.78, 5) is 11.5. The molecule has 2 unspecified atom stereocenters. The maximum absolute atomic E-state index is 11.5. The molecule has 2 aliphatic rings. The van der Waals surface area contributed by atoms with Crippen LogP contribution in [-0.2, 0) is 11.2 Å². The van der Waals surface area contributed by atoms with E-state index in [4.69, 9.17) is 4.74 Å². The van der Waals surface area contributed by atoms with Crippen LogP contribution in [0.4, 0.5) is 0 Å². The standard InChI is InChI=1S/C14H17NO2/c1-9-2-3-13-11(6-9)8-12(17-13)7-10-4-5-15-14(10)16/h2-3,6,10,12H,4-5,7-8H2,1H3,(H,15,16). The van der Waals surface area contributed by atoms with Crippen molar-refractivity contribution in [2.45, 2.75) is 32.3 Å². The average Bonchev–Trinajstić information content (AvgIpc) is 2.85. The van der Waals surface area contributed by atoms with E-state index in [1.54, 1.807) is 0 Å². The van der Waals surface area contributed by atoms with E-state index < -0.39 is 0 Å². The molecule has 3 heteroatoms. The molecule has 1 amide bonds. The van der Waals surface area contributed by atoms with Crippen molar-refractivity contribution in [2.24, 2.45) is 5.92 Å². The molecule has 3 rings (SSSR count). The number of hydrogen-bond acceptors (Lipinski definition) is 2. The number of ether oxygens (including phenoxy) is 1. The predicted molar refractivity (Wildman–Crippen MR) is 65.0 cm³/mol. The second-order valence-corrected chi connectivity index (χ2v) is 5.07. The molecule has 0 spiro atoms. The monoisotopic (exact) mass is 231 g/mol. The van der Waals surface area contributed by atoms with Crippen LogP contribution in [0.2, 0.25) is 0 Å². The summed E-state index contributed by atoms with van der Waals surface area (Å²) < 4.78 is 5.89. The summed E-state index contributed by atoms with van der Waals surface area (Å²) in [6, 6.07) is 6.30. The minimum absolute atomic E-state index is 0.149. The molecule has 2 aliphatic heterocycles. The van der Waals surface area contributed by atoms with Gasteiger partial charge >= 0.3 is 0 Å². The summed E-state index contributed by atoms with van der Waals surface area (Å²) in [5, 5.41) is 2.88. The molecule has 1 N–H and O–H groups in total. The summed E-state index contributed by atoms with van der Waals surface area (Å²) in [6.45, 7) is 2.92. The van der Waals surface area contributed by atoms with E-state index in [-0.39, 0.29) is 17.9 Å². The van der Waals surface area contributed by atoms with Gasteiger partial charge in [-0.3, -0.25) is 4.79 Å². The van der Waals surface area contributed by atoms with Crippen LogP contribution in [0.3, 0.4) is 0 Å². The first-order valence-electron chi connectivity index (χ1n) is 6.26. The maximum Gasteiger partial charge on any atom is 0.223 e. The molecule has 0 aliphatic carbocycles. The second-order valence-electron chi connectivity index (χ2n) is 5.07. The minimum Gasteiger partial charge on any atom is -0.490 e. The molecular weight excluding hydrogens is 214 g/mol. The lowest BCUT2D eigenvalue weighted by molar-refractivity contribution is -0.123. The van der Waals surface area contributed by atoms with Crippen molar-refractivity contribution in [3.05, 3.63) is 29.3 Å². The summed E-state index contributed by atoms with van der Waals surface area (Å²) in [5.41, 5.74) is 2.56. The summed E-state index contributed by atoms with van der Waals surface area (Å²) in [6.07, 6.45) is 2.93. The van der Waals surface area contributed by atoms with Crippen molar-refractivity contribution >= 4 is 5.91 Å². The molecule has 0 saturated carbocycles. The van der Waals surface area contributed by atoms with Gasteiger partial charge in [0.25, 0.3) is 0 Å². The lowest BCUT2D eigenvalue weighted by Gasteiger charge is -2.13. The van der Waals surface area contributed by atoms with Crippen molar-refractivity contribution in [2.75, 3.05) is 6.54 Å². The Kier molecular flexibility index (Phi) is 2.54. The van der Waals surface area contributed by atoms with Gasteiger partial charge in [0.1, 0.15) is 11.9 Å². The summed E-state index contributed by atoms with van der Waals surface area (Å²) in [5.74, 6) is 1.34. The first kappa shape index (κ1) is 10.6. The van der Waals surface area contributed by atoms with Gasteiger partial charge < -0.3 is 10.1 Å². The van der Waals surface area contributed by atoms with Gasteiger partial charge in [0.15, 0.2) is 0 Å². The van der Waals surface area contributed by atoms with E-state index in [1.807, 2.05) is 6.07 Å². The first-order chi connectivity index (χ1) is 8.22.